The zero-order valence-corrected chi connectivity index (χ0v) is 13.7. The molecule has 0 saturated carbocycles. The largest absolute Gasteiger partial charge is 0.506 e. The van der Waals surface area contributed by atoms with Crippen molar-refractivity contribution in [2.24, 2.45) is 0 Å². The molecular formula is C15H20ClNO5. The van der Waals surface area contributed by atoms with Gasteiger partial charge in [0.25, 0.3) is 0 Å². The summed E-state index contributed by atoms with van der Waals surface area (Å²) in [4.78, 5) is 23.0. The molecular weight excluding hydrogens is 310 g/mol. The summed E-state index contributed by atoms with van der Waals surface area (Å²) < 4.78 is 5.04. The molecule has 0 fully saturated rings. The molecule has 0 aliphatic rings. The molecule has 1 aromatic carbocycles. The van der Waals surface area contributed by atoms with Crippen LogP contribution in [-0.4, -0.2) is 33.9 Å². The predicted molar refractivity (Wildman–Crippen MR) is 82.4 cm³/mol. The van der Waals surface area contributed by atoms with Crippen molar-refractivity contribution in [1.29, 1.82) is 0 Å². The molecule has 22 heavy (non-hydrogen) atoms. The van der Waals surface area contributed by atoms with Gasteiger partial charge in [0.15, 0.2) is 0 Å². The minimum Gasteiger partial charge on any atom is -0.506 e. The summed E-state index contributed by atoms with van der Waals surface area (Å²) in [7, 11) is 0. The van der Waals surface area contributed by atoms with E-state index in [1.165, 1.54) is 6.07 Å². The SMILES string of the molecule is Cc1cc(CC(NC(=O)OC(C)(C)C)C(=O)O)cc(Cl)c1O. The van der Waals surface area contributed by atoms with Crippen LogP contribution in [0.3, 0.4) is 0 Å². The minimum absolute atomic E-state index is 0.0232. The van der Waals surface area contributed by atoms with Crippen molar-refractivity contribution in [1.82, 2.24) is 5.32 Å². The molecule has 0 aliphatic carbocycles. The van der Waals surface area contributed by atoms with Gasteiger partial charge in [-0.05, 0) is 44.9 Å². The second-order valence-corrected chi connectivity index (χ2v) is 6.39. The molecule has 0 aromatic heterocycles. The number of ether oxygens (including phenoxy) is 1. The molecule has 0 radical (unpaired) electrons. The quantitative estimate of drug-likeness (QED) is 0.789. The first-order valence-corrected chi connectivity index (χ1v) is 7.07. The van der Waals surface area contributed by atoms with E-state index in [-0.39, 0.29) is 17.2 Å². The van der Waals surface area contributed by atoms with Gasteiger partial charge in [0.1, 0.15) is 17.4 Å². The number of halogens is 1. The maximum Gasteiger partial charge on any atom is 0.408 e. The average Bonchev–Trinajstić information content (AvgIpc) is 2.32. The maximum absolute atomic E-state index is 11.7. The fourth-order valence-corrected chi connectivity index (χ4v) is 2.10. The van der Waals surface area contributed by atoms with Gasteiger partial charge in [-0.15, -0.1) is 0 Å². The number of benzene rings is 1. The lowest BCUT2D eigenvalue weighted by molar-refractivity contribution is -0.139. The van der Waals surface area contributed by atoms with Crippen LogP contribution in [0.1, 0.15) is 31.9 Å². The average molecular weight is 330 g/mol. The summed E-state index contributed by atoms with van der Waals surface area (Å²) in [5.41, 5.74) is 0.402. The molecule has 0 heterocycles. The van der Waals surface area contributed by atoms with Crippen LogP contribution in [0.25, 0.3) is 0 Å². The highest BCUT2D eigenvalue weighted by atomic mass is 35.5. The normalized spacial score (nSPS) is 12.6. The molecule has 1 atom stereocenters. The molecule has 1 amide bonds. The first-order chi connectivity index (χ1) is 9.99. The van der Waals surface area contributed by atoms with Gasteiger partial charge in [-0.2, -0.15) is 0 Å². The summed E-state index contributed by atoms with van der Waals surface area (Å²) in [6, 6.07) is 1.93. The maximum atomic E-state index is 11.7. The molecule has 1 unspecified atom stereocenters. The number of hydrogen-bond donors (Lipinski definition) is 3. The molecule has 6 nitrogen and oxygen atoms in total. The lowest BCUT2D eigenvalue weighted by Crippen LogP contribution is -2.44. The van der Waals surface area contributed by atoms with Crippen molar-refractivity contribution in [3.63, 3.8) is 0 Å². The summed E-state index contributed by atoms with van der Waals surface area (Å²) in [5, 5.41) is 21.3. The number of nitrogens with one attached hydrogen (secondary N) is 1. The van der Waals surface area contributed by atoms with E-state index in [1.807, 2.05) is 0 Å². The van der Waals surface area contributed by atoms with Crippen molar-refractivity contribution >= 4 is 23.7 Å². The Kier molecular flexibility index (Phi) is 5.65. The van der Waals surface area contributed by atoms with Crippen molar-refractivity contribution in [2.75, 3.05) is 0 Å². The highest BCUT2D eigenvalue weighted by molar-refractivity contribution is 6.32. The molecule has 1 rings (SSSR count). The lowest BCUT2D eigenvalue weighted by Gasteiger charge is -2.22. The van der Waals surface area contributed by atoms with Crippen LogP contribution < -0.4 is 5.32 Å². The third-order valence-electron chi connectivity index (χ3n) is 2.74. The van der Waals surface area contributed by atoms with Gasteiger partial charge in [0.2, 0.25) is 0 Å². The van der Waals surface area contributed by atoms with E-state index in [0.717, 1.165) is 0 Å². The van der Waals surface area contributed by atoms with Gasteiger partial charge in [0, 0.05) is 6.42 Å². The third kappa shape index (κ3) is 5.44. The van der Waals surface area contributed by atoms with Crippen LogP contribution in [0.4, 0.5) is 4.79 Å². The Morgan fingerprint density at radius 3 is 2.41 bits per heavy atom. The summed E-state index contributed by atoms with van der Waals surface area (Å²) >= 11 is 5.87. The van der Waals surface area contributed by atoms with Crippen LogP contribution >= 0.6 is 11.6 Å². The number of carbonyl (C=O) groups is 2. The number of amides is 1. The molecule has 3 N–H and O–H groups in total. The second-order valence-electron chi connectivity index (χ2n) is 5.98. The number of carboxylic acids is 1. The van der Waals surface area contributed by atoms with Crippen molar-refractivity contribution in [3.05, 3.63) is 28.3 Å². The summed E-state index contributed by atoms with van der Waals surface area (Å²) in [5.74, 6) is -1.23. The number of phenolic OH excluding ortho intramolecular Hbond substituents is 1. The minimum atomic E-state index is -1.19. The molecule has 7 heteroatoms. The van der Waals surface area contributed by atoms with E-state index >= 15 is 0 Å². The second kappa shape index (κ2) is 6.87. The van der Waals surface area contributed by atoms with Crippen molar-refractivity contribution in [2.45, 2.75) is 45.8 Å². The standard InChI is InChI=1S/C15H20ClNO5/c1-8-5-9(6-10(16)12(8)18)7-11(13(19)20)17-14(21)22-15(2,3)4/h5-6,11,18H,7H2,1-4H3,(H,17,21)(H,19,20). The van der Waals surface area contributed by atoms with Gasteiger partial charge >= 0.3 is 12.1 Å². The summed E-state index contributed by atoms with van der Waals surface area (Å²) in [6.45, 7) is 6.71. The van der Waals surface area contributed by atoms with E-state index in [0.29, 0.717) is 11.1 Å². The van der Waals surface area contributed by atoms with E-state index in [1.54, 1.807) is 33.8 Å². The highest BCUT2D eigenvalue weighted by Crippen LogP contribution is 2.28. The number of alkyl carbamates (subject to hydrolysis) is 1. The Hall–Kier alpha value is -1.95. The van der Waals surface area contributed by atoms with E-state index in [4.69, 9.17) is 16.3 Å². The Labute approximate surface area is 134 Å². The third-order valence-corrected chi connectivity index (χ3v) is 3.03. The van der Waals surface area contributed by atoms with Crippen LogP contribution in [-0.2, 0) is 16.0 Å². The number of carboxylic acid groups (broad SMARTS) is 1. The zero-order chi connectivity index (χ0) is 17.1. The number of carbonyl (C=O) groups excluding carboxylic acids is 1. The van der Waals surface area contributed by atoms with Crippen LogP contribution in [0.15, 0.2) is 12.1 Å². The number of aromatic hydroxyl groups is 1. The van der Waals surface area contributed by atoms with Gasteiger partial charge < -0.3 is 20.3 Å². The number of aryl methyl sites for hydroxylation is 1. The number of phenols is 1. The number of hydrogen-bond acceptors (Lipinski definition) is 4. The van der Waals surface area contributed by atoms with Gasteiger partial charge in [0.05, 0.1) is 5.02 Å². The van der Waals surface area contributed by atoms with E-state index in [2.05, 4.69) is 5.32 Å². The van der Waals surface area contributed by atoms with Gasteiger partial charge in [-0.1, -0.05) is 17.7 Å². The molecule has 1 aromatic rings. The summed E-state index contributed by atoms with van der Waals surface area (Å²) in [6.07, 6.45) is -0.781. The zero-order valence-electron chi connectivity index (χ0n) is 12.9. The van der Waals surface area contributed by atoms with Gasteiger partial charge in [-0.25, -0.2) is 9.59 Å². The van der Waals surface area contributed by atoms with Crippen molar-refractivity contribution in [3.8, 4) is 5.75 Å². The molecule has 0 bridgehead atoms. The van der Waals surface area contributed by atoms with Crippen molar-refractivity contribution < 1.29 is 24.5 Å². The molecule has 0 saturated heterocycles. The topological polar surface area (TPSA) is 95.9 Å². The van der Waals surface area contributed by atoms with E-state index in [9.17, 15) is 19.8 Å². The molecule has 0 spiro atoms. The predicted octanol–water partition coefficient (Wildman–Crippen LogP) is 2.87. The highest BCUT2D eigenvalue weighted by Gasteiger charge is 2.24. The molecule has 122 valence electrons. The van der Waals surface area contributed by atoms with Gasteiger partial charge in [-0.3, -0.25) is 0 Å². The monoisotopic (exact) mass is 329 g/mol. The van der Waals surface area contributed by atoms with E-state index < -0.39 is 23.7 Å². The fraction of sp³-hybridized carbons (Fsp3) is 0.467. The van der Waals surface area contributed by atoms with Crippen LogP contribution in [0, 0.1) is 6.92 Å². The first kappa shape index (κ1) is 18.1. The van der Waals surface area contributed by atoms with Crippen LogP contribution in [0.2, 0.25) is 5.02 Å². The number of rotatable bonds is 4. The Balaban J connectivity index is 2.85. The lowest BCUT2D eigenvalue weighted by atomic mass is 10.0. The van der Waals surface area contributed by atoms with Crippen LogP contribution in [0.5, 0.6) is 5.75 Å². The fourth-order valence-electron chi connectivity index (χ4n) is 1.81. The first-order valence-electron chi connectivity index (χ1n) is 6.70. The Morgan fingerprint density at radius 2 is 1.95 bits per heavy atom. The smallest absolute Gasteiger partial charge is 0.408 e. The Morgan fingerprint density at radius 1 is 1.36 bits per heavy atom. The number of aliphatic carboxylic acids is 1. The Bertz CT molecular complexity index is 557. The molecule has 0 aliphatic heterocycles.